The summed E-state index contributed by atoms with van der Waals surface area (Å²) in [5, 5.41) is 0.218. The predicted octanol–water partition coefficient (Wildman–Crippen LogP) is 1.59. The summed E-state index contributed by atoms with van der Waals surface area (Å²) in [5.41, 5.74) is 0. The third kappa shape index (κ3) is 2.22. The molecule has 0 amide bonds. The van der Waals surface area contributed by atoms with Gasteiger partial charge in [-0.3, -0.25) is 0 Å². The molecule has 0 atom stereocenters. The van der Waals surface area contributed by atoms with Gasteiger partial charge in [0.05, 0.1) is 6.20 Å². The Hall–Kier alpha value is -1.05. The summed E-state index contributed by atoms with van der Waals surface area (Å²) in [6, 6.07) is 0. The van der Waals surface area contributed by atoms with Crippen molar-refractivity contribution in [1.82, 2.24) is 4.98 Å². The maximum Gasteiger partial charge on any atom is 0.368 e. The molecule has 1 aromatic heterocycles. The molecule has 0 bridgehead atoms. The lowest BCUT2D eigenvalue weighted by Gasteiger charge is -1.94. The largest absolute Gasteiger partial charge is 0.447 e. The number of aromatic nitrogens is 1. The number of thiazole rings is 1. The van der Waals surface area contributed by atoms with E-state index in [-0.39, 0.29) is 11.6 Å². The van der Waals surface area contributed by atoms with Crippen LogP contribution in [0.4, 0.5) is 0 Å². The van der Waals surface area contributed by atoms with Gasteiger partial charge in [-0.15, -0.1) is 6.42 Å². The van der Waals surface area contributed by atoms with Crippen LogP contribution in [0.3, 0.4) is 0 Å². The van der Waals surface area contributed by atoms with Crippen molar-refractivity contribution in [2.45, 2.75) is 0 Å². The van der Waals surface area contributed by atoms with Crippen LogP contribution in [0.15, 0.2) is 6.20 Å². The minimum atomic E-state index is -0.537. The number of ether oxygens (including phenoxy) is 1. The number of terminal acetylenes is 1. The average Bonchev–Trinajstić information content (AvgIpc) is 2.47. The lowest BCUT2D eigenvalue weighted by Crippen LogP contribution is -2.04. The van der Waals surface area contributed by atoms with E-state index in [1.165, 1.54) is 6.20 Å². The van der Waals surface area contributed by atoms with Crippen molar-refractivity contribution in [2.24, 2.45) is 0 Å². The fourth-order valence-electron chi connectivity index (χ4n) is 0.518. The van der Waals surface area contributed by atoms with Crippen LogP contribution in [0, 0.1) is 12.3 Å². The molecule has 0 N–H and O–H groups in total. The van der Waals surface area contributed by atoms with Crippen LogP contribution in [0.1, 0.15) is 9.80 Å². The molecule has 3 nitrogen and oxygen atoms in total. The Balaban J connectivity index is 2.61. The van der Waals surface area contributed by atoms with Gasteiger partial charge in [0.25, 0.3) is 0 Å². The van der Waals surface area contributed by atoms with Gasteiger partial charge in [0.2, 0.25) is 5.01 Å². The highest BCUT2D eigenvalue weighted by molar-refractivity contribution is 7.17. The molecule has 5 heteroatoms. The van der Waals surface area contributed by atoms with Crippen LogP contribution in [0.2, 0.25) is 4.34 Å². The molecule has 0 radical (unpaired) electrons. The highest BCUT2D eigenvalue weighted by Crippen LogP contribution is 2.18. The summed E-state index contributed by atoms with van der Waals surface area (Å²) >= 11 is 6.60. The first-order valence-electron chi connectivity index (χ1n) is 2.96. The number of rotatable bonds is 2. The van der Waals surface area contributed by atoms with Crippen molar-refractivity contribution in [2.75, 3.05) is 6.61 Å². The fraction of sp³-hybridized carbons (Fsp3) is 0.143. The Morgan fingerprint density at radius 3 is 3.17 bits per heavy atom. The lowest BCUT2D eigenvalue weighted by atomic mass is 10.7. The maximum absolute atomic E-state index is 11.0. The zero-order valence-corrected chi connectivity index (χ0v) is 7.48. The number of hydrogen-bond donors (Lipinski definition) is 0. The van der Waals surface area contributed by atoms with E-state index in [4.69, 9.17) is 18.0 Å². The molecule has 62 valence electrons. The van der Waals surface area contributed by atoms with Crippen molar-refractivity contribution < 1.29 is 9.53 Å². The molecule has 0 aliphatic heterocycles. The molecular weight excluding hydrogens is 198 g/mol. The zero-order valence-electron chi connectivity index (χ0n) is 5.91. The van der Waals surface area contributed by atoms with Gasteiger partial charge in [-0.05, 0) is 0 Å². The van der Waals surface area contributed by atoms with Crippen LogP contribution >= 0.6 is 22.9 Å². The summed E-state index contributed by atoms with van der Waals surface area (Å²) in [6.45, 7) is -0.0456. The number of carbonyl (C=O) groups excluding carboxylic acids is 1. The Bertz CT molecular complexity index is 328. The molecule has 0 spiro atoms. The third-order valence-corrected chi connectivity index (χ3v) is 2.03. The number of hydrogen-bond acceptors (Lipinski definition) is 4. The summed E-state index contributed by atoms with van der Waals surface area (Å²) in [6.07, 6.45) is 6.28. The summed E-state index contributed by atoms with van der Waals surface area (Å²) < 4.78 is 5.05. The van der Waals surface area contributed by atoms with Crippen molar-refractivity contribution >= 4 is 28.9 Å². The fourth-order valence-corrected chi connectivity index (χ4v) is 1.32. The zero-order chi connectivity index (χ0) is 8.97. The Kier molecular flexibility index (Phi) is 3.09. The molecule has 0 fully saturated rings. The second kappa shape index (κ2) is 4.10. The molecule has 0 aliphatic carbocycles. The average molecular weight is 202 g/mol. The quantitative estimate of drug-likeness (QED) is 0.539. The SMILES string of the molecule is C#CCOC(=O)c1ncc(Cl)s1. The van der Waals surface area contributed by atoms with Crippen LogP contribution in [0.25, 0.3) is 0 Å². The molecular formula is C7H4ClNO2S. The summed E-state index contributed by atoms with van der Waals surface area (Å²) in [5.74, 6) is 1.64. The normalized spacial score (nSPS) is 9.00. The van der Waals surface area contributed by atoms with Gasteiger partial charge in [0.15, 0.2) is 6.61 Å². The second-order valence-electron chi connectivity index (χ2n) is 1.75. The molecule has 1 heterocycles. The molecule has 12 heavy (non-hydrogen) atoms. The van der Waals surface area contributed by atoms with Crippen molar-refractivity contribution in [3.05, 3.63) is 15.5 Å². The molecule has 0 saturated heterocycles. The van der Waals surface area contributed by atoms with Gasteiger partial charge in [0.1, 0.15) is 4.34 Å². The smallest absolute Gasteiger partial charge is 0.368 e. The van der Waals surface area contributed by atoms with E-state index >= 15 is 0 Å². The van der Waals surface area contributed by atoms with Crippen LogP contribution in [-0.4, -0.2) is 17.6 Å². The standard InChI is InChI=1S/C7H4ClNO2S/c1-2-3-11-7(10)6-9-4-5(8)12-6/h1,4H,3H2. The third-order valence-electron chi connectivity index (χ3n) is 0.939. The first-order valence-corrected chi connectivity index (χ1v) is 4.15. The Morgan fingerprint density at radius 2 is 2.67 bits per heavy atom. The van der Waals surface area contributed by atoms with Crippen molar-refractivity contribution in [3.63, 3.8) is 0 Å². The van der Waals surface area contributed by atoms with Gasteiger partial charge < -0.3 is 4.74 Å². The van der Waals surface area contributed by atoms with Crippen molar-refractivity contribution in [3.8, 4) is 12.3 Å². The first kappa shape index (κ1) is 9.04. The highest BCUT2D eigenvalue weighted by atomic mass is 35.5. The predicted molar refractivity (Wildman–Crippen MR) is 46.2 cm³/mol. The molecule has 0 unspecified atom stereocenters. The molecule has 0 saturated carbocycles. The second-order valence-corrected chi connectivity index (χ2v) is 3.41. The lowest BCUT2D eigenvalue weighted by molar-refractivity contribution is 0.0556. The van der Waals surface area contributed by atoms with Gasteiger partial charge in [-0.25, -0.2) is 9.78 Å². The van der Waals surface area contributed by atoms with E-state index in [1.807, 2.05) is 0 Å². The summed E-state index contributed by atoms with van der Waals surface area (Å²) in [4.78, 5) is 14.7. The van der Waals surface area contributed by atoms with E-state index in [1.54, 1.807) is 0 Å². The summed E-state index contributed by atoms with van der Waals surface area (Å²) in [7, 11) is 0. The number of esters is 1. The topological polar surface area (TPSA) is 39.2 Å². The number of halogens is 1. The van der Waals surface area contributed by atoms with Gasteiger partial charge in [-0.2, -0.15) is 0 Å². The number of nitrogens with zero attached hydrogens (tertiary/aromatic N) is 1. The maximum atomic E-state index is 11.0. The van der Waals surface area contributed by atoms with E-state index in [0.29, 0.717) is 4.34 Å². The first-order chi connectivity index (χ1) is 5.74. The minimum absolute atomic E-state index is 0.0456. The van der Waals surface area contributed by atoms with Crippen molar-refractivity contribution in [1.29, 1.82) is 0 Å². The van der Waals surface area contributed by atoms with E-state index < -0.39 is 5.97 Å². The Labute approximate surface area is 78.3 Å². The molecule has 1 rings (SSSR count). The van der Waals surface area contributed by atoms with E-state index in [9.17, 15) is 4.79 Å². The van der Waals surface area contributed by atoms with E-state index in [2.05, 4.69) is 15.6 Å². The van der Waals surface area contributed by atoms with Crippen LogP contribution < -0.4 is 0 Å². The molecule has 0 aromatic carbocycles. The van der Waals surface area contributed by atoms with E-state index in [0.717, 1.165) is 11.3 Å². The van der Waals surface area contributed by atoms with Crippen LogP contribution in [0.5, 0.6) is 0 Å². The van der Waals surface area contributed by atoms with Crippen LogP contribution in [-0.2, 0) is 4.74 Å². The molecule has 1 aromatic rings. The van der Waals surface area contributed by atoms with Gasteiger partial charge in [-0.1, -0.05) is 28.9 Å². The minimum Gasteiger partial charge on any atom is -0.447 e. The van der Waals surface area contributed by atoms with Gasteiger partial charge in [0, 0.05) is 0 Å². The monoisotopic (exact) mass is 201 g/mol. The molecule has 0 aliphatic rings. The Morgan fingerprint density at radius 1 is 1.92 bits per heavy atom. The number of carbonyl (C=O) groups is 1. The van der Waals surface area contributed by atoms with Gasteiger partial charge >= 0.3 is 5.97 Å². The highest BCUT2D eigenvalue weighted by Gasteiger charge is 2.10.